The van der Waals surface area contributed by atoms with E-state index in [1.165, 1.54) is 6.92 Å². The molecule has 4 heteroatoms. The zero-order valence-electron chi connectivity index (χ0n) is 9.68. The summed E-state index contributed by atoms with van der Waals surface area (Å²) in [4.78, 5) is 11.3. The van der Waals surface area contributed by atoms with E-state index in [-0.39, 0.29) is 5.78 Å². The molecule has 17 heavy (non-hydrogen) atoms. The van der Waals surface area contributed by atoms with Gasteiger partial charge in [0.1, 0.15) is 5.75 Å². The van der Waals surface area contributed by atoms with Gasteiger partial charge in [0, 0.05) is 17.8 Å². The van der Waals surface area contributed by atoms with Gasteiger partial charge in [0.05, 0.1) is 0 Å². The number of benzene rings is 1. The minimum atomic E-state index is 0.0118. The van der Waals surface area contributed by atoms with Gasteiger partial charge >= 0.3 is 0 Å². The van der Waals surface area contributed by atoms with Crippen LogP contribution in [0.4, 0.5) is 0 Å². The van der Waals surface area contributed by atoms with E-state index in [0.717, 1.165) is 5.56 Å². The van der Waals surface area contributed by atoms with Crippen molar-refractivity contribution >= 4 is 5.78 Å². The van der Waals surface area contributed by atoms with Crippen molar-refractivity contribution in [2.75, 3.05) is 0 Å². The number of ketones is 1. The van der Waals surface area contributed by atoms with Gasteiger partial charge in [0.25, 0.3) is 0 Å². The molecule has 0 bridgehead atoms. The lowest BCUT2D eigenvalue weighted by Crippen LogP contribution is -1.95. The fourth-order valence-electron chi connectivity index (χ4n) is 1.47. The van der Waals surface area contributed by atoms with E-state index in [1.807, 2.05) is 19.1 Å². The molecule has 0 saturated heterocycles. The second-order valence-electron chi connectivity index (χ2n) is 3.75. The second-order valence-corrected chi connectivity index (χ2v) is 3.75. The molecule has 0 aliphatic carbocycles. The third kappa shape index (κ3) is 2.87. The van der Waals surface area contributed by atoms with E-state index in [4.69, 9.17) is 4.74 Å². The van der Waals surface area contributed by atoms with E-state index in [9.17, 15) is 4.79 Å². The molecule has 0 radical (unpaired) electrons. The largest absolute Gasteiger partial charge is 0.437 e. The Morgan fingerprint density at radius 2 is 2.12 bits per heavy atom. The van der Waals surface area contributed by atoms with Crippen LogP contribution in [0.25, 0.3) is 0 Å². The van der Waals surface area contributed by atoms with Crippen LogP contribution in [-0.2, 0) is 0 Å². The van der Waals surface area contributed by atoms with Gasteiger partial charge in [0.2, 0.25) is 5.88 Å². The summed E-state index contributed by atoms with van der Waals surface area (Å²) < 4.78 is 5.52. The van der Waals surface area contributed by atoms with Crippen molar-refractivity contribution < 1.29 is 9.53 Å². The number of carbonyl (C=O) groups is 1. The van der Waals surface area contributed by atoms with Crippen molar-refractivity contribution in [2.24, 2.45) is 0 Å². The van der Waals surface area contributed by atoms with Crippen LogP contribution in [0.3, 0.4) is 0 Å². The number of aryl methyl sites for hydroxylation is 1. The smallest absolute Gasteiger partial charge is 0.238 e. The van der Waals surface area contributed by atoms with Crippen LogP contribution in [0.5, 0.6) is 11.6 Å². The maximum Gasteiger partial charge on any atom is 0.238 e. The molecule has 4 nitrogen and oxygen atoms in total. The third-order valence-electron chi connectivity index (χ3n) is 2.23. The zero-order chi connectivity index (χ0) is 12.3. The normalized spacial score (nSPS) is 10.0. The molecule has 1 heterocycles. The molecule has 2 rings (SSSR count). The van der Waals surface area contributed by atoms with Gasteiger partial charge in [-0.2, -0.15) is 5.10 Å². The highest BCUT2D eigenvalue weighted by Crippen LogP contribution is 2.22. The highest BCUT2D eigenvalue weighted by molar-refractivity contribution is 5.94. The first-order chi connectivity index (χ1) is 8.15. The molecular formula is C13H12N2O2. The predicted molar refractivity (Wildman–Crippen MR) is 63.3 cm³/mol. The van der Waals surface area contributed by atoms with Gasteiger partial charge in [-0.25, -0.2) is 0 Å². The molecule has 2 aromatic rings. The zero-order valence-corrected chi connectivity index (χ0v) is 9.68. The van der Waals surface area contributed by atoms with Crippen molar-refractivity contribution in [2.45, 2.75) is 13.8 Å². The predicted octanol–water partition coefficient (Wildman–Crippen LogP) is 2.78. The van der Waals surface area contributed by atoms with E-state index in [1.54, 1.807) is 24.4 Å². The molecule has 86 valence electrons. The van der Waals surface area contributed by atoms with Gasteiger partial charge < -0.3 is 4.74 Å². The van der Waals surface area contributed by atoms with Gasteiger partial charge in [0.15, 0.2) is 5.78 Å². The molecular weight excluding hydrogens is 216 g/mol. The number of rotatable bonds is 3. The topological polar surface area (TPSA) is 52.1 Å². The van der Waals surface area contributed by atoms with Gasteiger partial charge in [-0.15, -0.1) is 5.10 Å². The second kappa shape index (κ2) is 4.74. The summed E-state index contributed by atoms with van der Waals surface area (Å²) in [6.07, 6.45) is 1.57. The lowest BCUT2D eigenvalue weighted by Gasteiger charge is -2.06. The Morgan fingerprint density at radius 1 is 1.29 bits per heavy atom. The number of hydrogen-bond acceptors (Lipinski definition) is 4. The third-order valence-corrected chi connectivity index (χ3v) is 2.23. The van der Waals surface area contributed by atoms with E-state index in [0.29, 0.717) is 17.2 Å². The standard InChI is InChI=1S/C13H12N2O2/c1-9-6-11(10(2)16)8-12(7-9)17-13-4-3-5-14-15-13/h3-8H,1-2H3. The van der Waals surface area contributed by atoms with Gasteiger partial charge in [-0.3, -0.25) is 4.79 Å². The van der Waals surface area contributed by atoms with Crippen LogP contribution < -0.4 is 4.74 Å². The van der Waals surface area contributed by atoms with Crippen LogP contribution in [0, 0.1) is 6.92 Å². The first-order valence-electron chi connectivity index (χ1n) is 5.23. The molecule has 0 aliphatic rings. The number of nitrogens with zero attached hydrogens (tertiary/aromatic N) is 2. The van der Waals surface area contributed by atoms with E-state index >= 15 is 0 Å². The summed E-state index contributed by atoms with van der Waals surface area (Å²) in [5, 5.41) is 7.54. The van der Waals surface area contributed by atoms with Crippen LogP contribution in [0.2, 0.25) is 0 Å². The molecule has 0 aliphatic heterocycles. The lowest BCUT2D eigenvalue weighted by molar-refractivity contribution is 0.101. The fourth-order valence-corrected chi connectivity index (χ4v) is 1.47. The van der Waals surface area contributed by atoms with Crippen molar-refractivity contribution in [3.8, 4) is 11.6 Å². The molecule has 0 atom stereocenters. The monoisotopic (exact) mass is 228 g/mol. The number of Topliss-reactive ketones (excluding diaryl/α,β-unsaturated/α-hetero) is 1. The number of ether oxygens (including phenoxy) is 1. The number of aromatic nitrogens is 2. The summed E-state index contributed by atoms with van der Waals surface area (Å²) in [5.41, 5.74) is 1.60. The molecule has 0 N–H and O–H groups in total. The Labute approximate surface area is 99.3 Å². The average Bonchev–Trinajstić information content (AvgIpc) is 2.29. The molecule has 0 spiro atoms. The van der Waals surface area contributed by atoms with Crippen LogP contribution in [-0.4, -0.2) is 16.0 Å². The average molecular weight is 228 g/mol. The maximum atomic E-state index is 11.3. The van der Waals surface area contributed by atoms with Gasteiger partial charge in [-0.05, 0) is 43.7 Å². The molecule has 1 aromatic heterocycles. The summed E-state index contributed by atoms with van der Waals surface area (Å²) in [6.45, 7) is 3.44. The first kappa shape index (κ1) is 11.3. The van der Waals surface area contributed by atoms with Crippen LogP contribution in [0.15, 0.2) is 36.5 Å². The summed E-state index contributed by atoms with van der Waals surface area (Å²) >= 11 is 0. The minimum absolute atomic E-state index is 0.0118. The quantitative estimate of drug-likeness (QED) is 0.758. The lowest BCUT2D eigenvalue weighted by atomic mass is 10.1. The first-order valence-corrected chi connectivity index (χ1v) is 5.23. The molecule has 0 unspecified atom stereocenters. The molecule has 1 aromatic carbocycles. The SMILES string of the molecule is CC(=O)c1cc(C)cc(Oc2cccnn2)c1. The molecule has 0 saturated carbocycles. The molecule has 0 amide bonds. The van der Waals surface area contributed by atoms with Crippen molar-refractivity contribution in [1.29, 1.82) is 0 Å². The van der Waals surface area contributed by atoms with Crippen LogP contribution in [0.1, 0.15) is 22.8 Å². The fraction of sp³-hybridized carbons (Fsp3) is 0.154. The Kier molecular flexibility index (Phi) is 3.14. The Bertz CT molecular complexity index is 538. The summed E-state index contributed by atoms with van der Waals surface area (Å²) in [5.74, 6) is 1.01. The van der Waals surface area contributed by atoms with Gasteiger partial charge in [-0.1, -0.05) is 0 Å². The van der Waals surface area contributed by atoms with Crippen molar-refractivity contribution in [3.63, 3.8) is 0 Å². The highest BCUT2D eigenvalue weighted by atomic mass is 16.5. The maximum absolute atomic E-state index is 11.3. The Balaban J connectivity index is 2.30. The Morgan fingerprint density at radius 3 is 2.76 bits per heavy atom. The Hall–Kier alpha value is -2.23. The highest BCUT2D eigenvalue weighted by Gasteiger charge is 2.05. The minimum Gasteiger partial charge on any atom is -0.437 e. The van der Waals surface area contributed by atoms with Crippen molar-refractivity contribution in [3.05, 3.63) is 47.7 Å². The number of carbonyl (C=O) groups excluding carboxylic acids is 1. The summed E-state index contributed by atoms with van der Waals surface area (Å²) in [7, 11) is 0. The van der Waals surface area contributed by atoms with E-state index in [2.05, 4.69) is 10.2 Å². The summed E-state index contributed by atoms with van der Waals surface area (Å²) in [6, 6.07) is 8.82. The molecule has 0 fully saturated rings. The number of hydrogen-bond donors (Lipinski definition) is 0. The van der Waals surface area contributed by atoms with Crippen LogP contribution >= 0.6 is 0 Å². The van der Waals surface area contributed by atoms with E-state index < -0.39 is 0 Å². The van der Waals surface area contributed by atoms with Crippen molar-refractivity contribution in [1.82, 2.24) is 10.2 Å².